The SMILES string of the molecule is COc1ccc(O)c(C(C)NCc2nc(C)c(C)o2)c1. The Bertz CT molecular complexity index is 573. The third kappa shape index (κ3) is 3.11. The lowest BCUT2D eigenvalue weighted by Gasteiger charge is -2.15. The van der Waals surface area contributed by atoms with Crippen LogP contribution in [-0.4, -0.2) is 17.2 Å². The molecule has 0 radical (unpaired) electrons. The molecule has 2 aromatic rings. The first kappa shape index (κ1) is 14.4. The summed E-state index contributed by atoms with van der Waals surface area (Å²) in [7, 11) is 1.60. The molecule has 1 aromatic heterocycles. The minimum atomic E-state index is -0.0439. The van der Waals surface area contributed by atoms with E-state index in [0.717, 1.165) is 17.0 Å². The molecule has 0 spiro atoms. The summed E-state index contributed by atoms with van der Waals surface area (Å²) in [4.78, 5) is 4.32. The summed E-state index contributed by atoms with van der Waals surface area (Å²) in [6, 6.07) is 5.13. The second-order valence-corrected chi connectivity index (χ2v) is 4.78. The van der Waals surface area contributed by atoms with E-state index in [1.165, 1.54) is 0 Å². The predicted octanol–water partition coefficient (Wildman–Crippen LogP) is 2.86. The lowest BCUT2D eigenvalue weighted by Crippen LogP contribution is -2.18. The van der Waals surface area contributed by atoms with E-state index in [9.17, 15) is 5.11 Å². The molecule has 20 heavy (non-hydrogen) atoms. The molecule has 0 saturated heterocycles. The maximum Gasteiger partial charge on any atom is 0.208 e. The van der Waals surface area contributed by atoms with Crippen LogP contribution in [0.15, 0.2) is 22.6 Å². The van der Waals surface area contributed by atoms with Gasteiger partial charge in [0.15, 0.2) is 0 Å². The van der Waals surface area contributed by atoms with Crippen LogP contribution in [0.1, 0.15) is 35.9 Å². The third-order valence-corrected chi connectivity index (χ3v) is 3.33. The van der Waals surface area contributed by atoms with Crippen molar-refractivity contribution in [2.45, 2.75) is 33.4 Å². The number of aromatic hydroxyl groups is 1. The number of rotatable bonds is 5. The van der Waals surface area contributed by atoms with Gasteiger partial charge in [-0.2, -0.15) is 0 Å². The van der Waals surface area contributed by atoms with Crippen molar-refractivity contribution in [1.29, 1.82) is 0 Å². The second-order valence-electron chi connectivity index (χ2n) is 4.78. The maximum atomic E-state index is 9.91. The average Bonchev–Trinajstić information content (AvgIpc) is 2.76. The summed E-state index contributed by atoms with van der Waals surface area (Å²) in [5, 5.41) is 13.2. The fourth-order valence-electron chi connectivity index (χ4n) is 1.97. The van der Waals surface area contributed by atoms with Crippen LogP contribution >= 0.6 is 0 Å². The van der Waals surface area contributed by atoms with Crippen LogP contribution in [0.3, 0.4) is 0 Å². The summed E-state index contributed by atoms with van der Waals surface area (Å²) in [6.07, 6.45) is 0. The van der Waals surface area contributed by atoms with Gasteiger partial charge in [0.05, 0.1) is 19.3 Å². The first-order chi connectivity index (χ1) is 9.51. The number of aromatic nitrogens is 1. The van der Waals surface area contributed by atoms with Gasteiger partial charge in [0.25, 0.3) is 0 Å². The molecule has 0 bridgehead atoms. The van der Waals surface area contributed by atoms with Crippen molar-refractivity contribution in [2.75, 3.05) is 7.11 Å². The topological polar surface area (TPSA) is 67.5 Å². The number of nitrogens with one attached hydrogen (secondary N) is 1. The number of oxazole rings is 1. The molecule has 0 saturated carbocycles. The summed E-state index contributed by atoms with van der Waals surface area (Å²) in [6.45, 7) is 6.28. The third-order valence-electron chi connectivity index (χ3n) is 3.33. The van der Waals surface area contributed by atoms with Crippen LogP contribution in [0.2, 0.25) is 0 Å². The molecule has 108 valence electrons. The Kier molecular flexibility index (Phi) is 4.29. The van der Waals surface area contributed by atoms with Crippen LogP contribution in [0.5, 0.6) is 11.5 Å². The van der Waals surface area contributed by atoms with Gasteiger partial charge in [-0.3, -0.25) is 0 Å². The number of phenolic OH excluding ortho intramolecular Hbond substituents is 1. The van der Waals surface area contributed by atoms with Crippen LogP contribution in [0.25, 0.3) is 0 Å². The molecule has 0 aliphatic carbocycles. The molecule has 0 aliphatic heterocycles. The van der Waals surface area contributed by atoms with Crippen molar-refractivity contribution < 1.29 is 14.3 Å². The number of hydrogen-bond donors (Lipinski definition) is 2. The molecule has 5 heteroatoms. The Labute approximate surface area is 118 Å². The summed E-state index contributed by atoms with van der Waals surface area (Å²) >= 11 is 0. The highest BCUT2D eigenvalue weighted by molar-refractivity contribution is 5.41. The number of methoxy groups -OCH3 is 1. The Morgan fingerprint density at radius 1 is 1.40 bits per heavy atom. The van der Waals surface area contributed by atoms with Crippen molar-refractivity contribution in [3.05, 3.63) is 41.1 Å². The lowest BCUT2D eigenvalue weighted by molar-refractivity contribution is 0.402. The van der Waals surface area contributed by atoms with E-state index in [1.807, 2.05) is 26.8 Å². The highest BCUT2D eigenvalue weighted by Gasteiger charge is 2.13. The quantitative estimate of drug-likeness (QED) is 0.879. The number of aryl methyl sites for hydroxylation is 2. The monoisotopic (exact) mass is 276 g/mol. The predicted molar refractivity (Wildman–Crippen MR) is 75.9 cm³/mol. The number of ether oxygens (including phenoxy) is 1. The zero-order valence-corrected chi connectivity index (χ0v) is 12.2. The van der Waals surface area contributed by atoms with E-state index < -0.39 is 0 Å². The van der Waals surface area contributed by atoms with Gasteiger partial charge in [-0.05, 0) is 39.0 Å². The molecule has 1 heterocycles. The molecular formula is C15H20N2O3. The van der Waals surface area contributed by atoms with Gasteiger partial charge >= 0.3 is 0 Å². The Morgan fingerprint density at radius 2 is 2.15 bits per heavy atom. The van der Waals surface area contributed by atoms with Crippen molar-refractivity contribution in [3.8, 4) is 11.5 Å². The van der Waals surface area contributed by atoms with E-state index in [0.29, 0.717) is 18.2 Å². The molecule has 2 rings (SSSR count). The largest absolute Gasteiger partial charge is 0.508 e. The first-order valence-corrected chi connectivity index (χ1v) is 6.54. The fourth-order valence-corrected chi connectivity index (χ4v) is 1.97. The van der Waals surface area contributed by atoms with Crippen molar-refractivity contribution >= 4 is 0 Å². The number of benzene rings is 1. The highest BCUT2D eigenvalue weighted by Crippen LogP contribution is 2.28. The fraction of sp³-hybridized carbons (Fsp3) is 0.400. The van der Waals surface area contributed by atoms with E-state index in [4.69, 9.17) is 9.15 Å². The smallest absolute Gasteiger partial charge is 0.208 e. The normalized spacial score (nSPS) is 12.4. The van der Waals surface area contributed by atoms with Crippen LogP contribution < -0.4 is 10.1 Å². The van der Waals surface area contributed by atoms with Gasteiger partial charge in [-0.1, -0.05) is 0 Å². The van der Waals surface area contributed by atoms with Gasteiger partial charge < -0.3 is 19.6 Å². The second kappa shape index (κ2) is 5.96. The lowest BCUT2D eigenvalue weighted by atomic mass is 10.1. The van der Waals surface area contributed by atoms with E-state index in [2.05, 4.69) is 10.3 Å². The van der Waals surface area contributed by atoms with Crippen LogP contribution in [-0.2, 0) is 6.54 Å². The number of phenols is 1. The van der Waals surface area contributed by atoms with E-state index >= 15 is 0 Å². The zero-order valence-electron chi connectivity index (χ0n) is 12.2. The molecular weight excluding hydrogens is 256 g/mol. The Morgan fingerprint density at radius 3 is 2.75 bits per heavy atom. The Hall–Kier alpha value is -2.01. The average molecular weight is 276 g/mol. The maximum absolute atomic E-state index is 9.91. The van der Waals surface area contributed by atoms with Gasteiger partial charge in [-0.15, -0.1) is 0 Å². The first-order valence-electron chi connectivity index (χ1n) is 6.54. The van der Waals surface area contributed by atoms with Gasteiger partial charge in [0.2, 0.25) is 5.89 Å². The van der Waals surface area contributed by atoms with Gasteiger partial charge in [0.1, 0.15) is 17.3 Å². The minimum absolute atomic E-state index is 0.0439. The Balaban J connectivity index is 2.06. The zero-order chi connectivity index (χ0) is 14.7. The van der Waals surface area contributed by atoms with Crippen molar-refractivity contribution in [3.63, 3.8) is 0 Å². The van der Waals surface area contributed by atoms with Crippen molar-refractivity contribution in [1.82, 2.24) is 10.3 Å². The molecule has 0 fully saturated rings. The molecule has 2 N–H and O–H groups in total. The van der Waals surface area contributed by atoms with Gasteiger partial charge in [-0.25, -0.2) is 4.98 Å². The van der Waals surface area contributed by atoms with Crippen LogP contribution in [0.4, 0.5) is 0 Å². The standard InChI is InChI=1S/C15H20N2O3/c1-9-11(3)20-15(17-9)8-16-10(2)13-7-12(19-4)5-6-14(13)18/h5-7,10,16,18H,8H2,1-4H3. The molecule has 1 atom stereocenters. The van der Waals surface area contributed by atoms with E-state index in [-0.39, 0.29) is 11.8 Å². The molecule has 0 aliphatic rings. The number of nitrogens with zero attached hydrogens (tertiary/aromatic N) is 1. The molecule has 1 unspecified atom stereocenters. The molecule has 1 aromatic carbocycles. The molecule has 0 amide bonds. The summed E-state index contributed by atoms with van der Waals surface area (Å²) < 4.78 is 10.7. The minimum Gasteiger partial charge on any atom is -0.508 e. The van der Waals surface area contributed by atoms with Gasteiger partial charge in [0, 0.05) is 11.6 Å². The summed E-state index contributed by atoms with van der Waals surface area (Å²) in [5.74, 6) is 2.44. The van der Waals surface area contributed by atoms with Crippen molar-refractivity contribution in [2.24, 2.45) is 0 Å². The van der Waals surface area contributed by atoms with E-state index in [1.54, 1.807) is 19.2 Å². The molecule has 5 nitrogen and oxygen atoms in total. The number of hydrogen-bond acceptors (Lipinski definition) is 5. The highest BCUT2D eigenvalue weighted by atomic mass is 16.5. The summed E-state index contributed by atoms with van der Waals surface area (Å²) in [5.41, 5.74) is 1.68. The van der Waals surface area contributed by atoms with Crippen LogP contribution in [0, 0.1) is 13.8 Å².